The van der Waals surface area contributed by atoms with Crippen molar-refractivity contribution in [1.29, 1.82) is 0 Å². The summed E-state index contributed by atoms with van der Waals surface area (Å²) in [6, 6.07) is 1.35. The fraction of sp³-hybridized carbons (Fsp3) is 0.577. The average molecular weight is 600 g/mol. The minimum atomic E-state index is -1.38. The van der Waals surface area contributed by atoms with Gasteiger partial charge in [-0.3, -0.25) is 4.79 Å². The summed E-state index contributed by atoms with van der Waals surface area (Å²) in [5, 5.41) is 18.2. The summed E-state index contributed by atoms with van der Waals surface area (Å²) >= 11 is 12.3. The molecule has 2 aliphatic heterocycles. The number of halogens is 2. The Morgan fingerprint density at radius 1 is 1.05 bits per heavy atom. The third-order valence-corrected chi connectivity index (χ3v) is 8.45. The fourth-order valence-electron chi connectivity index (χ4n) is 5.41. The number of anilines is 2. The Hall–Kier alpha value is -2.65. The number of aromatic nitrogens is 3. The van der Waals surface area contributed by atoms with Gasteiger partial charge in [-0.25, -0.2) is 9.78 Å². The molecule has 216 valence electrons. The maximum atomic E-state index is 12.7. The number of carbonyl (C=O) groups excluding carboxylic acids is 3. The smallest absolute Gasteiger partial charge is 0.543 e. The molecule has 12 nitrogen and oxygen atoms in total. The summed E-state index contributed by atoms with van der Waals surface area (Å²) < 4.78 is 5.34. The number of hydrogen-bond acceptors (Lipinski definition) is 9. The van der Waals surface area contributed by atoms with E-state index >= 15 is 0 Å². The molecular formula is C26H32Cl2LiN7O5. The van der Waals surface area contributed by atoms with Crippen molar-refractivity contribution >= 4 is 52.9 Å². The van der Waals surface area contributed by atoms with E-state index in [4.69, 9.17) is 27.9 Å². The largest absolute Gasteiger partial charge is 1.00 e. The van der Waals surface area contributed by atoms with Crippen LogP contribution in [0.15, 0.2) is 6.07 Å². The van der Waals surface area contributed by atoms with Gasteiger partial charge in [0.2, 0.25) is 5.95 Å². The quantitative estimate of drug-likeness (QED) is 0.360. The van der Waals surface area contributed by atoms with Crippen molar-refractivity contribution in [3.8, 4) is 0 Å². The number of carboxylic acid groups (broad SMARTS) is 1. The molecule has 3 atom stereocenters. The second-order valence-electron chi connectivity index (χ2n) is 11.6. The Morgan fingerprint density at radius 2 is 1.68 bits per heavy atom. The second kappa shape index (κ2) is 11.9. The minimum Gasteiger partial charge on any atom is -0.543 e. The van der Waals surface area contributed by atoms with Gasteiger partial charge in [0.25, 0.3) is 5.91 Å². The predicted molar refractivity (Wildman–Crippen MR) is 147 cm³/mol. The van der Waals surface area contributed by atoms with Crippen molar-refractivity contribution in [2.45, 2.75) is 58.2 Å². The van der Waals surface area contributed by atoms with Crippen molar-refractivity contribution in [2.75, 3.05) is 36.0 Å². The van der Waals surface area contributed by atoms with Crippen LogP contribution in [-0.4, -0.2) is 76.8 Å². The molecule has 5 rings (SSSR count). The van der Waals surface area contributed by atoms with Crippen LogP contribution in [0.25, 0.3) is 0 Å². The maximum absolute atomic E-state index is 12.7. The fourth-order valence-corrected chi connectivity index (χ4v) is 5.82. The summed E-state index contributed by atoms with van der Waals surface area (Å²) in [7, 11) is 0. The molecule has 2 amide bonds. The first kappa shape index (κ1) is 31.3. The van der Waals surface area contributed by atoms with Gasteiger partial charge in [0.05, 0.1) is 21.7 Å². The molecule has 0 bridgehead atoms. The van der Waals surface area contributed by atoms with Crippen LogP contribution in [0.5, 0.6) is 0 Å². The number of carboxylic acids is 1. The Bertz CT molecular complexity index is 1330. The molecule has 2 aromatic heterocycles. The summed E-state index contributed by atoms with van der Waals surface area (Å²) in [5.74, 6) is -0.462. The zero-order chi connectivity index (χ0) is 28.9. The zero-order valence-corrected chi connectivity index (χ0v) is 25.2. The van der Waals surface area contributed by atoms with Gasteiger partial charge in [0, 0.05) is 61.9 Å². The van der Waals surface area contributed by atoms with Crippen molar-refractivity contribution in [1.82, 2.24) is 25.6 Å². The third-order valence-electron chi connectivity index (χ3n) is 7.51. The molecule has 0 radical (unpaired) electrons. The van der Waals surface area contributed by atoms with Crippen molar-refractivity contribution in [2.24, 2.45) is 11.8 Å². The number of fused-ring (bicyclic) bond motifs is 1. The average Bonchev–Trinajstić information content (AvgIpc) is 3.18. The second-order valence-corrected chi connectivity index (χ2v) is 12.3. The van der Waals surface area contributed by atoms with Crippen LogP contribution in [0.2, 0.25) is 10.0 Å². The van der Waals surface area contributed by atoms with Gasteiger partial charge < -0.3 is 40.1 Å². The molecule has 2 aromatic rings. The van der Waals surface area contributed by atoms with Crippen LogP contribution in [-0.2, 0) is 4.74 Å². The van der Waals surface area contributed by atoms with Crippen LogP contribution in [0.3, 0.4) is 0 Å². The number of aryl methyl sites for hydroxylation is 1. The molecule has 0 spiro atoms. The molecular weight excluding hydrogens is 568 g/mol. The maximum Gasteiger partial charge on any atom is 1.00 e. The summed E-state index contributed by atoms with van der Waals surface area (Å²) in [6.45, 7) is 9.48. The Labute approximate surface area is 260 Å². The third kappa shape index (κ3) is 6.88. The minimum absolute atomic E-state index is 0. The van der Waals surface area contributed by atoms with Gasteiger partial charge in [-0.1, -0.05) is 23.2 Å². The summed E-state index contributed by atoms with van der Waals surface area (Å²) in [5.41, 5.74) is 0.111. The van der Waals surface area contributed by atoms with Crippen LogP contribution in [0, 0.1) is 18.8 Å². The monoisotopic (exact) mass is 599 g/mol. The van der Waals surface area contributed by atoms with E-state index < -0.39 is 17.7 Å². The molecule has 1 saturated carbocycles. The van der Waals surface area contributed by atoms with Crippen LogP contribution < -0.4 is 44.4 Å². The predicted octanol–water partition coefficient (Wildman–Crippen LogP) is -0.854. The molecule has 15 heteroatoms. The molecule has 4 heterocycles. The van der Waals surface area contributed by atoms with Crippen LogP contribution >= 0.6 is 23.2 Å². The number of nitrogens with zero attached hydrogens (tertiary/aromatic N) is 4. The van der Waals surface area contributed by atoms with E-state index in [-0.39, 0.29) is 65.1 Å². The van der Waals surface area contributed by atoms with Crippen LogP contribution in [0.1, 0.15) is 60.3 Å². The van der Waals surface area contributed by atoms with Gasteiger partial charge in [0.15, 0.2) is 0 Å². The SMILES string of the molecule is Cc1[nH]c(C(=O)NC2[C@H]3CN(c4cc(C(=O)[O-])nc(N5CCC(NC(=O)OC(C)(C)C)CC5)n4)C[C@@H]23)c(Cl)c1Cl.[Li+]. The van der Waals surface area contributed by atoms with Crippen molar-refractivity contribution in [3.05, 3.63) is 33.2 Å². The van der Waals surface area contributed by atoms with Gasteiger partial charge >= 0.3 is 25.0 Å². The zero-order valence-electron chi connectivity index (χ0n) is 23.7. The molecule has 41 heavy (non-hydrogen) atoms. The Kier molecular flexibility index (Phi) is 9.09. The topological polar surface area (TPSA) is 156 Å². The number of hydrogen-bond donors (Lipinski definition) is 3. The molecule has 0 aromatic carbocycles. The van der Waals surface area contributed by atoms with Gasteiger partial charge in [-0.15, -0.1) is 0 Å². The number of nitrogens with one attached hydrogen (secondary N) is 3. The van der Waals surface area contributed by atoms with E-state index in [1.165, 1.54) is 6.07 Å². The van der Waals surface area contributed by atoms with Gasteiger partial charge in [0.1, 0.15) is 17.1 Å². The van der Waals surface area contributed by atoms with Crippen molar-refractivity contribution in [3.63, 3.8) is 0 Å². The number of rotatable bonds is 6. The van der Waals surface area contributed by atoms with Gasteiger partial charge in [-0.2, -0.15) is 4.98 Å². The number of carbonyl (C=O) groups is 3. The standard InChI is InChI=1S/C26H33Cl2N7O5.Li/c1-12-18(27)19(28)21(29-12)22(36)33-20-14-10-35(11-15(14)20)17-9-16(23(37)38)31-24(32-17)34-7-5-13(6-8-34)30-25(39)40-26(2,3)4;/h9,13-15,20,29H,5-8,10-11H2,1-4H3,(H,30,39)(H,33,36)(H,37,38);/q;+1/p-1/t14-,15+,20?;. The molecule has 1 unspecified atom stereocenters. The number of aromatic amines is 1. The Morgan fingerprint density at radius 3 is 2.22 bits per heavy atom. The summed E-state index contributed by atoms with van der Waals surface area (Å²) in [4.78, 5) is 52.3. The number of H-pyrrole nitrogens is 1. The first-order chi connectivity index (χ1) is 18.8. The Balaban J connectivity index is 0.00000387. The molecule has 2 saturated heterocycles. The molecule has 3 aliphatic rings. The number of amides is 2. The molecule has 3 fully saturated rings. The van der Waals surface area contributed by atoms with E-state index in [1.807, 2.05) is 30.6 Å². The van der Waals surface area contributed by atoms with E-state index in [0.29, 0.717) is 61.5 Å². The molecule has 3 N–H and O–H groups in total. The summed E-state index contributed by atoms with van der Waals surface area (Å²) in [6.07, 6.45) is 0.816. The number of alkyl carbamates (subject to hydrolysis) is 1. The van der Waals surface area contributed by atoms with E-state index in [2.05, 4.69) is 25.6 Å². The van der Waals surface area contributed by atoms with Crippen LogP contribution in [0.4, 0.5) is 16.6 Å². The number of aromatic carboxylic acids is 1. The first-order valence-corrected chi connectivity index (χ1v) is 14.0. The first-order valence-electron chi connectivity index (χ1n) is 13.2. The van der Waals surface area contributed by atoms with E-state index in [9.17, 15) is 19.5 Å². The number of piperidine rings is 2. The van der Waals surface area contributed by atoms with E-state index in [1.54, 1.807) is 6.92 Å². The molecule has 1 aliphatic carbocycles. The van der Waals surface area contributed by atoms with E-state index in [0.717, 1.165) is 0 Å². The van der Waals surface area contributed by atoms with Crippen molar-refractivity contribution < 1.29 is 43.1 Å². The van der Waals surface area contributed by atoms with Gasteiger partial charge in [-0.05, 0) is 40.5 Å². The normalized spacial score (nSPS) is 22.0. The number of ether oxygens (including phenoxy) is 1.